The van der Waals surface area contributed by atoms with Crippen LogP contribution in [0.4, 0.5) is 0 Å². The molecule has 22 heavy (non-hydrogen) atoms. The fraction of sp³-hybridized carbons (Fsp3) is 0. The van der Waals surface area contributed by atoms with Gasteiger partial charge in [-0.25, -0.2) is 0 Å². The Balaban J connectivity index is 1.59. The van der Waals surface area contributed by atoms with Gasteiger partial charge in [-0.2, -0.15) is 10.2 Å². The highest BCUT2D eigenvalue weighted by atomic mass is 15.2. The first-order valence-electron chi connectivity index (χ1n) is 7.10. The maximum absolute atomic E-state index is 4.16. The van der Waals surface area contributed by atoms with E-state index >= 15 is 0 Å². The Labute approximate surface area is 127 Å². The maximum Gasteiger partial charge on any atom is 0.0589 e. The molecule has 2 aromatic heterocycles. The second-order valence-electron chi connectivity index (χ2n) is 5.07. The summed E-state index contributed by atoms with van der Waals surface area (Å²) < 4.78 is 0. The number of hydrogen-bond acceptors (Lipinski definition) is 2. The largest absolute Gasteiger partial charge is 0.361 e. The van der Waals surface area contributed by atoms with Gasteiger partial charge in [0, 0.05) is 45.3 Å². The highest BCUT2D eigenvalue weighted by Crippen LogP contribution is 2.17. The van der Waals surface area contributed by atoms with Crippen LogP contribution in [0.1, 0.15) is 11.1 Å². The summed E-state index contributed by atoms with van der Waals surface area (Å²) in [7, 11) is 0. The predicted molar refractivity (Wildman–Crippen MR) is 91.8 cm³/mol. The number of H-pyrrole nitrogens is 2. The number of fused-ring (bicyclic) bond motifs is 2. The third-order valence-electron chi connectivity index (χ3n) is 3.70. The highest BCUT2D eigenvalue weighted by molar-refractivity contribution is 6.00. The van der Waals surface area contributed by atoms with Gasteiger partial charge in [-0.3, -0.25) is 0 Å². The van der Waals surface area contributed by atoms with Crippen LogP contribution in [-0.2, 0) is 0 Å². The van der Waals surface area contributed by atoms with Gasteiger partial charge >= 0.3 is 0 Å². The van der Waals surface area contributed by atoms with Crippen molar-refractivity contribution in [3.8, 4) is 0 Å². The van der Waals surface area contributed by atoms with E-state index in [0.717, 1.165) is 32.9 Å². The van der Waals surface area contributed by atoms with Gasteiger partial charge in [0.2, 0.25) is 0 Å². The summed E-state index contributed by atoms with van der Waals surface area (Å²) in [6.45, 7) is 0. The Morgan fingerprint density at radius 3 is 1.59 bits per heavy atom. The second-order valence-corrected chi connectivity index (χ2v) is 5.07. The topological polar surface area (TPSA) is 56.3 Å². The quantitative estimate of drug-likeness (QED) is 0.421. The number of aromatic amines is 2. The van der Waals surface area contributed by atoms with E-state index in [0.29, 0.717) is 0 Å². The Morgan fingerprint density at radius 1 is 0.636 bits per heavy atom. The number of nitrogens with zero attached hydrogens (tertiary/aromatic N) is 2. The lowest BCUT2D eigenvalue weighted by Gasteiger charge is -1.90. The fourth-order valence-corrected chi connectivity index (χ4v) is 2.59. The molecular weight excluding hydrogens is 272 g/mol. The van der Waals surface area contributed by atoms with Crippen molar-refractivity contribution >= 4 is 34.2 Å². The fourth-order valence-electron chi connectivity index (χ4n) is 2.59. The number of hydrogen-bond donors (Lipinski definition) is 2. The van der Waals surface area contributed by atoms with Crippen molar-refractivity contribution < 1.29 is 0 Å². The predicted octanol–water partition coefficient (Wildman–Crippen LogP) is 4.10. The SMILES string of the molecule is C(=N/N=C/c1c[nH]c2ccccc12)c1c[nH]c2ccccc12. The molecular formula is C18H14N4. The van der Waals surface area contributed by atoms with E-state index in [4.69, 9.17) is 0 Å². The molecule has 2 heterocycles. The first-order chi connectivity index (χ1) is 10.9. The molecule has 0 atom stereocenters. The van der Waals surface area contributed by atoms with E-state index in [9.17, 15) is 0 Å². The Hall–Kier alpha value is -3.14. The molecule has 0 aliphatic carbocycles. The molecule has 0 spiro atoms. The summed E-state index contributed by atoms with van der Waals surface area (Å²) in [6, 6.07) is 16.3. The van der Waals surface area contributed by atoms with Crippen molar-refractivity contribution in [1.29, 1.82) is 0 Å². The van der Waals surface area contributed by atoms with Gasteiger partial charge in [-0.1, -0.05) is 36.4 Å². The van der Waals surface area contributed by atoms with Gasteiger partial charge in [-0.15, -0.1) is 0 Å². The molecule has 0 saturated carbocycles. The van der Waals surface area contributed by atoms with Gasteiger partial charge in [0.05, 0.1) is 12.4 Å². The van der Waals surface area contributed by atoms with Crippen molar-refractivity contribution in [2.45, 2.75) is 0 Å². The summed E-state index contributed by atoms with van der Waals surface area (Å²) in [5.41, 5.74) is 4.27. The van der Waals surface area contributed by atoms with E-state index < -0.39 is 0 Å². The maximum atomic E-state index is 4.16. The third kappa shape index (κ3) is 2.20. The van der Waals surface area contributed by atoms with Crippen molar-refractivity contribution in [2.75, 3.05) is 0 Å². The van der Waals surface area contributed by atoms with Crippen molar-refractivity contribution in [3.05, 3.63) is 72.1 Å². The van der Waals surface area contributed by atoms with Crippen LogP contribution in [0.3, 0.4) is 0 Å². The average Bonchev–Trinajstić information content (AvgIpc) is 3.16. The molecule has 0 radical (unpaired) electrons. The number of aromatic nitrogens is 2. The number of nitrogens with one attached hydrogen (secondary N) is 2. The van der Waals surface area contributed by atoms with Gasteiger partial charge in [0.15, 0.2) is 0 Å². The van der Waals surface area contributed by atoms with E-state index in [1.54, 1.807) is 12.4 Å². The first kappa shape index (κ1) is 12.6. The van der Waals surface area contributed by atoms with E-state index in [1.165, 1.54) is 0 Å². The molecule has 4 heteroatoms. The molecule has 2 aromatic carbocycles. The zero-order chi connectivity index (χ0) is 14.8. The van der Waals surface area contributed by atoms with Gasteiger partial charge in [0.1, 0.15) is 0 Å². The smallest absolute Gasteiger partial charge is 0.0589 e. The molecule has 0 unspecified atom stereocenters. The van der Waals surface area contributed by atoms with Crippen LogP contribution < -0.4 is 0 Å². The van der Waals surface area contributed by atoms with Gasteiger partial charge in [-0.05, 0) is 12.1 Å². The lowest BCUT2D eigenvalue weighted by molar-refractivity contribution is 1.27. The second kappa shape index (κ2) is 5.33. The summed E-state index contributed by atoms with van der Waals surface area (Å²) in [5.74, 6) is 0. The third-order valence-corrected chi connectivity index (χ3v) is 3.70. The number of para-hydroxylation sites is 2. The molecule has 106 valence electrons. The zero-order valence-electron chi connectivity index (χ0n) is 11.8. The van der Waals surface area contributed by atoms with Crippen LogP contribution in [0.25, 0.3) is 21.8 Å². The lowest BCUT2D eigenvalue weighted by Crippen LogP contribution is -1.78. The van der Waals surface area contributed by atoms with Crippen molar-refractivity contribution in [2.24, 2.45) is 10.2 Å². The van der Waals surface area contributed by atoms with Crippen LogP contribution >= 0.6 is 0 Å². The molecule has 0 fully saturated rings. The normalized spacial score (nSPS) is 12.2. The van der Waals surface area contributed by atoms with E-state index in [-0.39, 0.29) is 0 Å². The van der Waals surface area contributed by atoms with Crippen molar-refractivity contribution in [3.63, 3.8) is 0 Å². The van der Waals surface area contributed by atoms with Gasteiger partial charge in [0.25, 0.3) is 0 Å². The molecule has 0 aliphatic rings. The minimum absolute atomic E-state index is 1.03. The van der Waals surface area contributed by atoms with Crippen LogP contribution in [0.2, 0.25) is 0 Å². The molecule has 0 bridgehead atoms. The molecule has 0 amide bonds. The molecule has 2 N–H and O–H groups in total. The van der Waals surface area contributed by atoms with E-state index in [2.05, 4.69) is 32.3 Å². The first-order valence-corrected chi connectivity index (χ1v) is 7.10. The molecule has 0 aliphatic heterocycles. The van der Waals surface area contributed by atoms with Crippen LogP contribution in [0, 0.1) is 0 Å². The Bertz CT molecular complexity index is 906. The Kier molecular flexibility index (Phi) is 3.05. The van der Waals surface area contributed by atoms with Gasteiger partial charge < -0.3 is 9.97 Å². The zero-order valence-corrected chi connectivity index (χ0v) is 11.8. The van der Waals surface area contributed by atoms with Crippen LogP contribution in [0.15, 0.2) is 71.1 Å². The van der Waals surface area contributed by atoms with E-state index in [1.807, 2.05) is 48.8 Å². The minimum atomic E-state index is 1.03. The molecule has 4 rings (SSSR count). The molecule has 4 aromatic rings. The Morgan fingerprint density at radius 2 is 1.09 bits per heavy atom. The number of benzene rings is 2. The summed E-state index contributed by atoms with van der Waals surface area (Å²) in [4.78, 5) is 6.44. The standard InChI is InChI=1S/C18H14N4/c1-3-7-17-15(5-1)13(9-19-17)11-21-22-12-14-10-20-18-8-4-2-6-16(14)18/h1-12,19-20H/b21-11+,22-12?. The highest BCUT2D eigenvalue weighted by Gasteiger charge is 2.00. The summed E-state index contributed by atoms with van der Waals surface area (Å²) in [5, 5.41) is 10.6. The lowest BCUT2D eigenvalue weighted by atomic mass is 10.2. The average molecular weight is 286 g/mol. The molecule has 4 nitrogen and oxygen atoms in total. The van der Waals surface area contributed by atoms with Crippen molar-refractivity contribution in [1.82, 2.24) is 9.97 Å². The summed E-state index contributed by atoms with van der Waals surface area (Å²) >= 11 is 0. The summed E-state index contributed by atoms with van der Waals surface area (Å²) in [6.07, 6.45) is 7.42. The monoisotopic (exact) mass is 286 g/mol. The van der Waals surface area contributed by atoms with Crippen LogP contribution in [0.5, 0.6) is 0 Å². The molecule has 0 saturated heterocycles. The number of rotatable bonds is 3. The van der Waals surface area contributed by atoms with Crippen LogP contribution in [-0.4, -0.2) is 22.4 Å². The minimum Gasteiger partial charge on any atom is -0.361 e.